The van der Waals surface area contributed by atoms with Crippen molar-refractivity contribution in [2.75, 3.05) is 26.9 Å². The van der Waals surface area contributed by atoms with E-state index >= 15 is 0 Å². The molecule has 2 aromatic rings. The third-order valence-electron chi connectivity index (χ3n) is 2.94. The first-order valence-corrected chi connectivity index (χ1v) is 8.40. The number of halogens is 2. The van der Waals surface area contributed by atoms with Crippen molar-refractivity contribution < 1.29 is 19.1 Å². The number of hydrogen-bond acceptors (Lipinski definition) is 5. The van der Waals surface area contributed by atoms with Crippen LogP contribution in [0.3, 0.4) is 0 Å². The van der Waals surface area contributed by atoms with Crippen LogP contribution in [0.4, 0.5) is 4.79 Å². The number of ether oxygens (including phenoxy) is 2. The molecule has 1 aromatic carbocycles. The lowest BCUT2D eigenvalue weighted by Gasteiger charge is -2.12. The Bertz CT molecular complexity index is 757. The third kappa shape index (κ3) is 4.92. The molecule has 0 aliphatic rings. The number of rotatable bonds is 6. The lowest BCUT2D eigenvalue weighted by Crippen LogP contribution is -2.42. The molecular weight excluding hydrogens is 449 g/mol. The number of urea groups is 1. The van der Waals surface area contributed by atoms with Gasteiger partial charge in [0.1, 0.15) is 5.52 Å². The van der Waals surface area contributed by atoms with Gasteiger partial charge in [-0.3, -0.25) is 15.1 Å². The molecule has 2 N–H and O–H groups in total. The minimum absolute atomic E-state index is 0.306. The molecule has 0 radical (unpaired) electrons. The molecule has 7 nitrogen and oxygen atoms in total. The number of carbonyl (C=O) groups is 2. The summed E-state index contributed by atoms with van der Waals surface area (Å²) in [5, 5.41) is 5.93. The van der Waals surface area contributed by atoms with Crippen molar-refractivity contribution in [3.05, 3.63) is 33.0 Å². The SMILES string of the molecule is COCCNC(=O)NC(=O)COc1c(I)cc(Cl)c2cccnc12. The molecule has 1 heterocycles. The molecule has 24 heavy (non-hydrogen) atoms. The zero-order valence-electron chi connectivity index (χ0n) is 12.8. The Labute approximate surface area is 157 Å². The van der Waals surface area contributed by atoms with Crippen molar-refractivity contribution in [1.29, 1.82) is 0 Å². The molecule has 0 fully saturated rings. The van der Waals surface area contributed by atoms with Crippen LogP contribution in [0.1, 0.15) is 0 Å². The van der Waals surface area contributed by atoms with Gasteiger partial charge in [0.25, 0.3) is 5.91 Å². The van der Waals surface area contributed by atoms with Crippen molar-refractivity contribution >= 4 is 57.0 Å². The molecule has 0 saturated heterocycles. The molecule has 0 aliphatic carbocycles. The summed E-state index contributed by atoms with van der Waals surface area (Å²) in [6, 6.07) is 4.71. The van der Waals surface area contributed by atoms with E-state index in [1.54, 1.807) is 18.3 Å². The van der Waals surface area contributed by atoms with Crippen LogP contribution in [-0.2, 0) is 9.53 Å². The van der Waals surface area contributed by atoms with Gasteiger partial charge in [-0.05, 0) is 40.8 Å². The van der Waals surface area contributed by atoms with Gasteiger partial charge < -0.3 is 14.8 Å². The number of imide groups is 1. The maximum Gasteiger partial charge on any atom is 0.321 e. The first kappa shape index (κ1) is 18.7. The molecule has 0 unspecified atom stereocenters. The topological polar surface area (TPSA) is 89.6 Å². The second-order valence-electron chi connectivity index (χ2n) is 4.65. The fourth-order valence-electron chi connectivity index (χ4n) is 1.90. The van der Waals surface area contributed by atoms with Crippen LogP contribution in [0.25, 0.3) is 10.9 Å². The maximum absolute atomic E-state index is 11.8. The summed E-state index contributed by atoms with van der Waals surface area (Å²) >= 11 is 8.24. The highest BCUT2D eigenvalue weighted by Crippen LogP contribution is 2.34. The summed E-state index contributed by atoms with van der Waals surface area (Å²) in [6.07, 6.45) is 1.62. The number of methoxy groups -OCH3 is 1. The van der Waals surface area contributed by atoms with Gasteiger partial charge in [-0.2, -0.15) is 0 Å². The van der Waals surface area contributed by atoms with E-state index in [0.717, 1.165) is 8.96 Å². The average molecular weight is 464 g/mol. The van der Waals surface area contributed by atoms with Gasteiger partial charge in [0.2, 0.25) is 0 Å². The fourth-order valence-corrected chi connectivity index (χ4v) is 3.06. The molecule has 1 aromatic heterocycles. The second kappa shape index (κ2) is 9.00. The third-order valence-corrected chi connectivity index (χ3v) is 4.06. The van der Waals surface area contributed by atoms with Crippen molar-refractivity contribution in [3.8, 4) is 5.75 Å². The lowest BCUT2D eigenvalue weighted by atomic mass is 10.2. The summed E-state index contributed by atoms with van der Waals surface area (Å²) in [6.45, 7) is 0.347. The Balaban J connectivity index is 2.01. The van der Waals surface area contributed by atoms with Crippen LogP contribution in [0.15, 0.2) is 24.4 Å². The Hall–Kier alpha value is -1.65. The number of fused-ring (bicyclic) bond motifs is 1. The van der Waals surface area contributed by atoms with Crippen molar-refractivity contribution in [3.63, 3.8) is 0 Å². The van der Waals surface area contributed by atoms with Crippen LogP contribution in [0, 0.1) is 3.57 Å². The van der Waals surface area contributed by atoms with E-state index in [1.807, 2.05) is 6.07 Å². The zero-order valence-corrected chi connectivity index (χ0v) is 15.7. The molecule has 2 rings (SSSR count). The molecule has 9 heteroatoms. The van der Waals surface area contributed by atoms with Crippen LogP contribution >= 0.6 is 34.2 Å². The number of amides is 3. The molecule has 0 atom stereocenters. The highest BCUT2D eigenvalue weighted by Gasteiger charge is 2.14. The van der Waals surface area contributed by atoms with Gasteiger partial charge >= 0.3 is 6.03 Å². The first-order valence-electron chi connectivity index (χ1n) is 6.95. The highest BCUT2D eigenvalue weighted by atomic mass is 127. The van der Waals surface area contributed by atoms with Gasteiger partial charge in [0.05, 0.1) is 15.2 Å². The maximum atomic E-state index is 11.8. The van der Waals surface area contributed by atoms with Crippen molar-refractivity contribution in [2.45, 2.75) is 0 Å². The molecule has 128 valence electrons. The monoisotopic (exact) mass is 463 g/mol. The van der Waals surface area contributed by atoms with Gasteiger partial charge in [-0.1, -0.05) is 11.6 Å². The van der Waals surface area contributed by atoms with Crippen LogP contribution < -0.4 is 15.4 Å². The minimum Gasteiger partial charge on any atom is -0.480 e. The Morgan fingerprint density at radius 2 is 2.21 bits per heavy atom. The number of hydrogen-bond donors (Lipinski definition) is 2. The molecule has 0 bridgehead atoms. The van der Waals surface area contributed by atoms with E-state index in [4.69, 9.17) is 21.1 Å². The van der Waals surface area contributed by atoms with Gasteiger partial charge in [0.15, 0.2) is 12.4 Å². The fraction of sp³-hybridized carbons (Fsp3) is 0.267. The molecule has 0 aliphatic heterocycles. The predicted molar refractivity (Wildman–Crippen MR) is 98.4 cm³/mol. The summed E-state index contributed by atoms with van der Waals surface area (Å²) in [5.41, 5.74) is 0.562. The Kier molecular flexibility index (Phi) is 7.00. The number of pyridine rings is 1. The average Bonchev–Trinajstić information content (AvgIpc) is 2.55. The van der Waals surface area contributed by atoms with Gasteiger partial charge in [-0.25, -0.2) is 4.79 Å². The predicted octanol–water partition coefficient (Wildman–Crippen LogP) is 2.34. The van der Waals surface area contributed by atoms with E-state index in [-0.39, 0.29) is 6.61 Å². The van der Waals surface area contributed by atoms with Crippen LogP contribution in [0.5, 0.6) is 5.75 Å². The van der Waals surface area contributed by atoms with Crippen LogP contribution in [0.2, 0.25) is 5.02 Å². The number of aromatic nitrogens is 1. The number of nitrogens with one attached hydrogen (secondary N) is 2. The smallest absolute Gasteiger partial charge is 0.321 e. The van der Waals surface area contributed by atoms with E-state index in [2.05, 4.69) is 38.2 Å². The number of carbonyl (C=O) groups excluding carboxylic acids is 2. The second-order valence-corrected chi connectivity index (χ2v) is 6.22. The molecule has 3 amide bonds. The van der Waals surface area contributed by atoms with Crippen molar-refractivity contribution in [2.24, 2.45) is 0 Å². The Morgan fingerprint density at radius 1 is 1.42 bits per heavy atom. The van der Waals surface area contributed by atoms with E-state index in [0.29, 0.717) is 29.4 Å². The number of nitrogens with zero attached hydrogens (tertiary/aromatic N) is 1. The molecular formula is C15H15ClIN3O4. The number of benzene rings is 1. The summed E-state index contributed by atoms with van der Waals surface area (Å²) in [4.78, 5) is 27.5. The van der Waals surface area contributed by atoms with Gasteiger partial charge in [0, 0.05) is 25.2 Å². The first-order chi connectivity index (χ1) is 11.5. The summed E-state index contributed by atoms with van der Waals surface area (Å²) in [7, 11) is 1.52. The standard InChI is InChI=1S/C15H15ClIN3O4/c1-23-6-5-19-15(22)20-12(21)8-24-14-11(17)7-10(16)9-3-2-4-18-13(9)14/h2-4,7H,5-6,8H2,1H3,(H2,19,20,21,22). The minimum atomic E-state index is -0.602. The summed E-state index contributed by atoms with van der Waals surface area (Å²) < 4.78 is 11.1. The summed E-state index contributed by atoms with van der Waals surface area (Å²) in [5.74, 6) is -0.120. The normalized spacial score (nSPS) is 10.5. The largest absolute Gasteiger partial charge is 0.480 e. The molecule has 0 spiro atoms. The molecule has 0 saturated carbocycles. The van der Waals surface area contributed by atoms with Crippen molar-refractivity contribution in [1.82, 2.24) is 15.6 Å². The van der Waals surface area contributed by atoms with E-state index in [9.17, 15) is 9.59 Å². The quantitative estimate of drug-likeness (QED) is 0.507. The van der Waals surface area contributed by atoms with E-state index in [1.165, 1.54) is 7.11 Å². The van der Waals surface area contributed by atoms with E-state index < -0.39 is 11.9 Å². The highest BCUT2D eigenvalue weighted by molar-refractivity contribution is 14.1. The zero-order chi connectivity index (χ0) is 17.5. The Morgan fingerprint density at radius 3 is 2.96 bits per heavy atom. The van der Waals surface area contributed by atoms with Crippen LogP contribution in [-0.4, -0.2) is 43.8 Å². The van der Waals surface area contributed by atoms with Gasteiger partial charge in [-0.15, -0.1) is 0 Å². The lowest BCUT2D eigenvalue weighted by molar-refractivity contribution is -0.122.